The molecule has 4 nitrogen and oxygen atoms in total. The van der Waals surface area contributed by atoms with Crippen LogP contribution in [0.25, 0.3) is 0 Å². The Labute approximate surface area is 98.5 Å². The summed E-state index contributed by atoms with van der Waals surface area (Å²) in [6.07, 6.45) is -1.50. The molecule has 2 atom stereocenters. The van der Waals surface area contributed by atoms with Gasteiger partial charge in [-0.3, -0.25) is 4.90 Å². The lowest BCUT2D eigenvalue weighted by molar-refractivity contribution is 0.0572. The molecule has 1 aromatic carbocycles. The van der Waals surface area contributed by atoms with Crippen molar-refractivity contribution >= 4 is 0 Å². The zero-order valence-corrected chi connectivity index (χ0v) is 9.17. The number of hydrogen-bond acceptors (Lipinski definition) is 4. The van der Waals surface area contributed by atoms with Crippen molar-refractivity contribution in [1.29, 1.82) is 5.26 Å². The van der Waals surface area contributed by atoms with Crippen LogP contribution in [-0.4, -0.2) is 40.4 Å². The molecule has 0 amide bonds. The summed E-state index contributed by atoms with van der Waals surface area (Å²) in [7, 11) is 0. The molecule has 90 valence electrons. The van der Waals surface area contributed by atoms with Gasteiger partial charge in [-0.1, -0.05) is 6.07 Å². The first-order valence-corrected chi connectivity index (χ1v) is 5.37. The van der Waals surface area contributed by atoms with Gasteiger partial charge in [-0.2, -0.15) is 5.26 Å². The first-order valence-electron chi connectivity index (χ1n) is 5.37. The predicted molar refractivity (Wildman–Crippen MR) is 58.4 cm³/mol. The number of hydrogen-bond donors (Lipinski definition) is 2. The SMILES string of the molecule is N#Cc1cc(F)ccc1CN1C[C@@H](O)[C@@H](O)C1. The number of aliphatic hydroxyl groups excluding tert-OH is 2. The van der Waals surface area contributed by atoms with Crippen molar-refractivity contribution in [1.82, 2.24) is 4.90 Å². The molecule has 0 aliphatic carbocycles. The maximum atomic E-state index is 12.9. The number of nitrogens with zero attached hydrogens (tertiary/aromatic N) is 2. The van der Waals surface area contributed by atoms with Gasteiger partial charge in [0.25, 0.3) is 0 Å². The van der Waals surface area contributed by atoms with Crippen LogP contribution >= 0.6 is 0 Å². The van der Waals surface area contributed by atoms with Gasteiger partial charge in [0.2, 0.25) is 0 Å². The number of likely N-dealkylation sites (tertiary alicyclic amines) is 1. The third-order valence-corrected chi connectivity index (χ3v) is 2.92. The normalized spacial score (nSPS) is 24.8. The molecule has 0 aromatic heterocycles. The van der Waals surface area contributed by atoms with Crippen molar-refractivity contribution in [2.24, 2.45) is 0 Å². The number of rotatable bonds is 2. The Hall–Kier alpha value is -1.48. The van der Waals surface area contributed by atoms with E-state index in [1.54, 1.807) is 6.07 Å². The zero-order chi connectivity index (χ0) is 12.4. The van der Waals surface area contributed by atoms with Crippen molar-refractivity contribution in [2.45, 2.75) is 18.8 Å². The fourth-order valence-corrected chi connectivity index (χ4v) is 2.01. The minimum atomic E-state index is -0.749. The number of halogens is 1. The second-order valence-electron chi connectivity index (χ2n) is 4.24. The molecule has 1 fully saturated rings. The second-order valence-corrected chi connectivity index (χ2v) is 4.24. The topological polar surface area (TPSA) is 67.5 Å². The van der Waals surface area contributed by atoms with Crippen LogP contribution in [0.4, 0.5) is 4.39 Å². The maximum absolute atomic E-state index is 12.9. The van der Waals surface area contributed by atoms with Crippen molar-refractivity contribution in [3.63, 3.8) is 0 Å². The zero-order valence-electron chi connectivity index (χ0n) is 9.17. The van der Waals surface area contributed by atoms with Gasteiger partial charge in [0.05, 0.1) is 23.8 Å². The molecule has 1 aliphatic rings. The average Bonchev–Trinajstić information content (AvgIpc) is 2.60. The van der Waals surface area contributed by atoms with E-state index in [-0.39, 0.29) is 0 Å². The van der Waals surface area contributed by atoms with Gasteiger partial charge >= 0.3 is 0 Å². The predicted octanol–water partition coefficient (Wildman–Crippen LogP) is 0.235. The third kappa shape index (κ3) is 2.61. The summed E-state index contributed by atoms with van der Waals surface area (Å²) in [4.78, 5) is 1.84. The molecule has 1 heterocycles. The average molecular weight is 236 g/mol. The van der Waals surface area contributed by atoms with Crippen LogP contribution in [0.2, 0.25) is 0 Å². The number of aliphatic hydroxyl groups is 2. The molecular weight excluding hydrogens is 223 g/mol. The van der Waals surface area contributed by atoms with E-state index in [0.717, 1.165) is 0 Å². The van der Waals surface area contributed by atoms with E-state index in [9.17, 15) is 14.6 Å². The van der Waals surface area contributed by atoms with Gasteiger partial charge in [0.1, 0.15) is 5.82 Å². The summed E-state index contributed by atoms with van der Waals surface area (Å²) in [5.41, 5.74) is 0.996. The summed E-state index contributed by atoms with van der Waals surface area (Å²) in [5, 5.41) is 27.7. The molecule has 0 bridgehead atoms. The Kier molecular flexibility index (Phi) is 3.38. The highest BCUT2D eigenvalue weighted by molar-refractivity contribution is 5.37. The second kappa shape index (κ2) is 4.80. The van der Waals surface area contributed by atoms with Gasteiger partial charge in [-0.05, 0) is 17.7 Å². The molecule has 1 saturated heterocycles. The minimum absolute atomic E-state index is 0.292. The highest BCUT2D eigenvalue weighted by Gasteiger charge is 2.29. The Bertz CT molecular complexity index is 448. The highest BCUT2D eigenvalue weighted by Crippen LogP contribution is 2.17. The van der Waals surface area contributed by atoms with Crippen LogP contribution in [0, 0.1) is 17.1 Å². The summed E-state index contributed by atoms with van der Waals surface area (Å²) < 4.78 is 12.9. The van der Waals surface area contributed by atoms with Gasteiger partial charge < -0.3 is 10.2 Å². The summed E-state index contributed by atoms with van der Waals surface area (Å²) >= 11 is 0. The van der Waals surface area contributed by atoms with Gasteiger partial charge in [0, 0.05) is 19.6 Å². The highest BCUT2D eigenvalue weighted by atomic mass is 19.1. The van der Waals surface area contributed by atoms with E-state index in [1.807, 2.05) is 11.0 Å². The largest absolute Gasteiger partial charge is 0.389 e. The Morgan fingerprint density at radius 3 is 2.59 bits per heavy atom. The van der Waals surface area contributed by atoms with Crippen molar-refractivity contribution in [3.8, 4) is 6.07 Å². The molecule has 0 spiro atoms. The maximum Gasteiger partial charge on any atom is 0.124 e. The van der Waals surface area contributed by atoms with Crippen LogP contribution in [0.3, 0.4) is 0 Å². The molecule has 2 rings (SSSR count). The van der Waals surface area contributed by atoms with E-state index in [2.05, 4.69) is 0 Å². The molecule has 17 heavy (non-hydrogen) atoms. The molecule has 1 aliphatic heterocycles. The number of benzene rings is 1. The minimum Gasteiger partial charge on any atom is -0.389 e. The van der Waals surface area contributed by atoms with Gasteiger partial charge in [0.15, 0.2) is 0 Å². The first kappa shape index (κ1) is 12.0. The lowest BCUT2D eigenvalue weighted by Crippen LogP contribution is -2.22. The molecule has 0 saturated carbocycles. The van der Waals surface area contributed by atoms with Crippen LogP contribution in [0.15, 0.2) is 18.2 Å². The van der Waals surface area contributed by atoms with E-state index < -0.39 is 18.0 Å². The molecule has 1 aromatic rings. The molecular formula is C12H13FN2O2. The van der Waals surface area contributed by atoms with E-state index in [1.165, 1.54) is 12.1 Å². The van der Waals surface area contributed by atoms with Gasteiger partial charge in [-0.25, -0.2) is 4.39 Å². The lowest BCUT2D eigenvalue weighted by atomic mass is 10.1. The third-order valence-electron chi connectivity index (χ3n) is 2.92. The van der Waals surface area contributed by atoms with E-state index in [4.69, 9.17) is 5.26 Å². The van der Waals surface area contributed by atoms with E-state index >= 15 is 0 Å². The van der Waals surface area contributed by atoms with Crippen LogP contribution in [0.5, 0.6) is 0 Å². The molecule has 2 N–H and O–H groups in total. The van der Waals surface area contributed by atoms with Crippen LogP contribution in [0.1, 0.15) is 11.1 Å². The quantitative estimate of drug-likeness (QED) is 0.771. The molecule has 5 heteroatoms. The Morgan fingerprint density at radius 2 is 2.00 bits per heavy atom. The first-order chi connectivity index (χ1) is 8.10. The van der Waals surface area contributed by atoms with Crippen molar-refractivity contribution in [3.05, 3.63) is 35.1 Å². The van der Waals surface area contributed by atoms with Crippen LogP contribution < -0.4 is 0 Å². The fourth-order valence-electron chi connectivity index (χ4n) is 2.01. The summed E-state index contributed by atoms with van der Waals surface area (Å²) in [6.45, 7) is 1.16. The molecule has 0 radical (unpaired) electrons. The Balaban J connectivity index is 2.12. The monoisotopic (exact) mass is 236 g/mol. The van der Waals surface area contributed by atoms with Crippen molar-refractivity contribution < 1.29 is 14.6 Å². The smallest absolute Gasteiger partial charge is 0.124 e. The number of nitriles is 1. The number of β-amino-alcohol motifs (C(OH)–C–C–N with tert-alkyl or cyclic N) is 2. The summed E-state index contributed by atoms with van der Waals surface area (Å²) in [5.74, 6) is -0.438. The lowest BCUT2D eigenvalue weighted by Gasteiger charge is -2.15. The van der Waals surface area contributed by atoms with Crippen molar-refractivity contribution in [2.75, 3.05) is 13.1 Å². The Morgan fingerprint density at radius 1 is 1.35 bits per heavy atom. The van der Waals surface area contributed by atoms with Gasteiger partial charge in [-0.15, -0.1) is 0 Å². The summed E-state index contributed by atoms with van der Waals surface area (Å²) in [6, 6.07) is 6.00. The van der Waals surface area contributed by atoms with Crippen LogP contribution in [-0.2, 0) is 6.54 Å². The standard InChI is InChI=1S/C12H13FN2O2/c13-10-2-1-8(9(3-10)4-14)5-15-6-11(16)12(17)7-15/h1-3,11-12,16-17H,5-7H2/t11-,12+. The van der Waals surface area contributed by atoms with E-state index in [0.29, 0.717) is 30.8 Å². The fraction of sp³-hybridized carbons (Fsp3) is 0.417. The molecule has 0 unspecified atom stereocenters.